The highest BCUT2D eigenvalue weighted by Gasteiger charge is 2.27. The van der Waals surface area contributed by atoms with Gasteiger partial charge in [-0.05, 0) is 17.7 Å². The molecule has 3 aromatic rings. The van der Waals surface area contributed by atoms with E-state index in [-0.39, 0.29) is 34.0 Å². The lowest BCUT2D eigenvalue weighted by atomic mass is 9.95. The van der Waals surface area contributed by atoms with Crippen molar-refractivity contribution in [1.82, 2.24) is 20.2 Å². The first-order valence-electron chi connectivity index (χ1n) is 11.1. The van der Waals surface area contributed by atoms with Gasteiger partial charge in [0.2, 0.25) is 11.9 Å². The van der Waals surface area contributed by atoms with E-state index >= 15 is 0 Å². The molecule has 0 spiro atoms. The van der Waals surface area contributed by atoms with Crippen LogP contribution in [-0.4, -0.2) is 39.2 Å². The number of rotatable bonds is 7. The number of aromatic hydroxyl groups is 1. The van der Waals surface area contributed by atoms with Crippen LogP contribution in [0.4, 0.5) is 24.8 Å². The maximum atomic E-state index is 12.4. The van der Waals surface area contributed by atoms with E-state index in [0.717, 1.165) is 0 Å². The molecule has 0 aliphatic rings. The number of nitrogens with one attached hydrogen (secondary N) is 3. The number of imidazole rings is 1. The van der Waals surface area contributed by atoms with Crippen molar-refractivity contribution in [3.05, 3.63) is 45.4 Å². The number of phenolic OH excluding ortho intramolecular Hbond substituents is 1. The van der Waals surface area contributed by atoms with Crippen molar-refractivity contribution in [3.63, 3.8) is 0 Å². The van der Waals surface area contributed by atoms with Crippen LogP contribution < -0.4 is 16.0 Å². The van der Waals surface area contributed by atoms with Crippen LogP contribution in [0.25, 0.3) is 11.0 Å². The van der Waals surface area contributed by atoms with Crippen molar-refractivity contribution in [1.29, 1.82) is 0 Å². The molecule has 13 heteroatoms. The van der Waals surface area contributed by atoms with Crippen LogP contribution in [0.1, 0.15) is 43.1 Å². The molecule has 200 valence electrons. The molecule has 0 saturated carbocycles. The number of carbonyl (C=O) groups excluding carboxylic acids is 2. The fourth-order valence-corrected chi connectivity index (χ4v) is 3.87. The third-order valence-electron chi connectivity index (χ3n) is 5.47. The van der Waals surface area contributed by atoms with E-state index in [1.165, 1.54) is 12.1 Å². The topological polar surface area (TPSA) is 108 Å². The SMILES string of the molecule is Cn1c(Nc2c(Cl)ccc(CNC(=O)C(C)(C)C)c2Cl)nc2cc(C(=O)NCCC(F)(F)F)c(O)cc21. The molecule has 0 unspecified atom stereocenters. The minimum atomic E-state index is -4.42. The van der Waals surface area contributed by atoms with Crippen molar-refractivity contribution in [2.45, 2.75) is 39.9 Å². The Kier molecular flexibility index (Phi) is 8.18. The highest BCUT2D eigenvalue weighted by Crippen LogP contribution is 2.36. The van der Waals surface area contributed by atoms with Gasteiger partial charge >= 0.3 is 6.18 Å². The molecule has 8 nitrogen and oxygen atoms in total. The molecule has 4 N–H and O–H groups in total. The van der Waals surface area contributed by atoms with Crippen LogP contribution in [0.5, 0.6) is 5.75 Å². The van der Waals surface area contributed by atoms with Gasteiger partial charge < -0.3 is 25.6 Å². The molecule has 0 bridgehead atoms. The lowest BCUT2D eigenvalue weighted by Crippen LogP contribution is -2.34. The average molecular weight is 560 g/mol. The van der Waals surface area contributed by atoms with Crippen molar-refractivity contribution in [2.24, 2.45) is 12.5 Å². The minimum absolute atomic E-state index is 0.151. The number of carbonyl (C=O) groups is 2. The quantitative estimate of drug-likeness (QED) is 0.298. The molecule has 2 amide bonds. The molecule has 0 atom stereocenters. The smallest absolute Gasteiger partial charge is 0.390 e. The van der Waals surface area contributed by atoms with E-state index < -0.39 is 36.2 Å². The standard InChI is InChI=1S/C24H26Cl2F3N5O3/c1-23(2,3)21(37)31-11-12-5-6-14(25)19(18(12)26)33-22-32-15-9-13(17(35)10-16(15)34(22)4)20(36)30-8-7-24(27,28)29/h5-6,9-10,35H,7-8,11H2,1-4H3,(H,30,36)(H,31,37)(H,32,33). The monoisotopic (exact) mass is 559 g/mol. The zero-order valence-electron chi connectivity index (χ0n) is 20.5. The summed E-state index contributed by atoms with van der Waals surface area (Å²) in [6.45, 7) is 4.92. The molecule has 37 heavy (non-hydrogen) atoms. The van der Waals surface area contributed by atoms with E-state index in [2.05, 4.69) is 20.9 Å². The Morgan fingerprint density at radius 2 is 1.78 bits per heavy atom. The third kappa shape index (κ3) is 6.78. The van der Waals surface area contributed by atoms with Crippen LogP contribution in [0.15, 0.2) is 24.3 Å². The Balaban J connectivity index is 1.86. The summed E-state index contributed by atoms with van der Waals surface area (Å²) in [7, 11) is 1.65. The number of aryl methyl sites for hydroxylation is 1. The summed E-state index contributed by atoms with van der Waals surface area (Å²) in [6.07, 6.45) is -5.61. The second-order valence-corrected chi connectivity index (χ2v) is 10.2. The summed E-state index contributed by atoms with van der Waals surface area (Å²) in [5, 5.41) is 18.9. The van der Waals surface area contributed by atoms with Gasteiger partial charge in [-0.25, -0.2) is 4.98 Å². The molecule has 1 heterocycles. The number of benzene rings is 2. The number of alkyl halides is 3. The van der Waals surface area contributed by atoms with Gasteiger partial charge in [-0.3, -0.25) is 9.59 Å². The number of nitrogens with zero attached hydrogens (tertiary/aromatic N) is 2. The lowest BCUT2D eigenvalue weighted by molar-refractivity contribution is -0.133. The van der Waals surface area contributed by atoms with Crippen LogP contribution in [-0.2, 0) is 18.4 Å². The molecular weight excluding hydrogens is 534 g/mol. The summed E-state index contributed by atoms with van der Waals surface area (Å²) in [6, 6.07) is 5.87. The van der Waals surface area contributed by atoms with Gasteiger partial charge in [0.15, 0.2) is 0 Å². The Bertz CT molecular complexity index is 1350. The minimum Gasteiger partial charge on any atom is -0.507 e. The van der Waals surface area contributed by atoms with E-state index in [1.807, 2.05) is 0 Å². The highest BCUT2D eigenvalue weighted by atomic mass is 35.5. The number of halogens is 5. The van der Waals surface area contributed by atoms with Gasteiger partial charge in [0.05, 0.1) is 38.8 Å². The maximum absolute atomic E-state index is 12.4. The van der Waals surface area contributed by atoms with Gasteiger partial charge in [0.1, 0.15) is 5.75 Å². The summed E-state index contributed by atoms with van der Waals surface area (Å²) in [5.41, 5.74) is 0.885. The largest absolute Gasteiger partial charge is 0.507 e. The van der Waals surface area contributed by atoms with Gasteiger partial charge in [-0.2, -0.15) is 13.2 Å². The number of hydrogen-bond acceptors (Lipinski definition) is 5. The molecule has 0 aliphatic carbocycles. The van der Waals surface area contributed by atoms with Crippen molar-refractivity contribution in [3.8, 4) is 5.75 Å². The van der Waals surface area contributed by atoms with Crippen molar-refractivity contribution in [2.75, 3.05) is 11.9 Å². The third-order valence-corrected chi connectivity index (χ3v) is 6.21. The van der Waals surface area contributed by atoms with E-state index in [1.54, 1.807) is 44.5 Å². The number of phenols is 1. The van der Waals surface area contributed by atoms with Crippen LogP contribution >= 0.6 is 23.2 Å². The molecule has 2 aromatic carbocycles. The lowest BCUT2D eigenvalue weighted by Gasteiger charge is -2.19. The summed E-state index contributed by atoms with van der Waals surface area (Å²) in [5.74, 6) is -1.16. The van der Waals surface area contributed by atoms with Crippen LogP contribution in [0.3, 0.4) is 0 Å². The molecule has 0 fully saturated rings. The molecule has 0 saturated heterocycles. The number of amides is 2. The second kappa shape index (κ2) is 10.7. The summed E-state index contributed by atoms with van der Waals surface area (Å²) in [4.78, 5) is 29.0. The van der Waals surface area contributed by atoms with E-state index in [9.17, 15) is 27.9 Å². The van der Waals surface area contributed by atoms with Gasteiger partial charge in [0.25, 0.3) is 5.91 Å². The van der Waals surface area contributed by atoms with E-state index in [0.29, 0.717) is 22.3 Å². The van der Waals surface area contributed by atoms with Gasteiger partial charge in [-0.15, -0.1) is 0 Å². The Morgan fingerprint density at radius 3 is 2.41 bits per heavy atom. The Labute approximate surface area is 221 Å². The molecule has 0 radical (unpaired) electrons. The van der Waals surface area contributed by atoms with Crippen molar-refractivity contribution >= 4 is 57.7 Å². The van der Waals surface area contributed by atoms with Crippen LogP contribution in [0.2, 0.25) is 10.0 Å². The van der Waals surface area contributed by atoms with Gasteiger partial charge in [0, 0.05) is 31.6 Å². The Hall–Kier alpha value is -3.18. The van der Waals surface area contributed by atoms with Gasteiger partial charge in [-0.1, -0.05) is 50.0 Å². The number of anilines is 2. The summed E-state index contributed by atoms with van der Waals surface area (Å²) < 4.78 is 38.7. The first-order chi connectivity index (χ1) is 17.1. The zero-order chi connectivity index (χ0) is 27.7. The normalized spacial score (nSPS) is 12.0. The summed E-state index contributed by atoms with van der Waals surface area (Å²) >= 11 is 12.9. The maximum Gasteiger partial charge on any atom is 0.390 e. The molecular formula is C24H26Cl2F3N5O3. The average Bonchev–Trinajstić information content (AvgIpc) is 3.08. The predicted molar refractivity (Wildman–Crippen MR) is 136 cm³/mol. The van der Waals surface area contributed by atoms with Crippen LogP contribution in [0, 0.1) is 5.41 Å². The molecule has 1 aromatic heterocycles. The molecule has 3 rings (SSSR count). The van der Waals surface area contributed by atoms with Crippen molar-refractivity contribution < 1.29 is 27.9 Å². The van der Waals surface area contributed by atoms with E-state index in [4.69, 9.17) is 23.2 Å². The second-order valence-electron chi connectivity index (χ2n) is 9.43. The molecule has 0 aliphatic heterocycles. The highest BCUT2D eigenvalue weighted by molar-refractivity contribution is 6.39. The fourth-order valence-electron chi connectivity index (χ4n) is 3.33. The Morgan fingerprint density at radius 1 is 1.11 bits per heavy atom. The fraction of sp³-hybridized carbons (Fsp3) is 0.375. The number of aromatic nitrogens is 2. The first-order valence-corrected chi connectivity index (χ1v) is 11.9. The number of hydrogen-bond donors (Lipinski definition) is 4. The first kappa shape index (κ1) is 28.4. The number of fused-ring (bicyclic) bond motifs is 1. The predicted octanol–water partition coefficient (Wildman–Crippen LogP) is 5.67. The zero-order valence-corrected chi connectivity index (χ0v) is 22.0.